The van der Waals surface area contributed by atoms with Gasteiger partial charge in [-0.2, -0.15) is 5.26 Å². The highest BCUT2D eigenvalue weighted by atomic mass is 16.1. The summed E-state index contributed by atoms with van der Waals surface area (Å²) in [5.74, 6) is 0.362. The number of hydrogen-bond donors (Lipinski definition) is 2. The molecule has 3 rings (SSSR count). The van der Waals surface area contributed by atoms with Crippen LogP contribution in [0.2, 0.25) is 0 Å². The van der Waals surface area contributed by atoms with Crippen LogP contribution in [0.4, 0.5) is 0 Å². The minimum atomic E-state index is -0.000398. The fraction of sp³-hybridized carbons (Fsp3) is 0.370. The highest BCUT2D eigenvalue weighted by molar-refractivity contribution is 5.78. The first-order valence-corrected chi connectivity index (χ1v) is 11.5. The molecule has 0 aliphatic rings. The third-order valence-corrected chi connectivity index (χ3v) is 6.19. The van der Waals surface area contributed by atoms with Crippen molar-refractivity contribution in [3.63, 3.8) is 0 Å². The number of nitrogens with zero attached hydrogens (tertiary/aromatic N) is 3. The predicted octanol–water partition coefficient (Wildman–Crippen LogP) is 3.97. The smallest absolute Gasteiger partial charge is 0.226 e. The molecule has 0 aliphatic heterocycles. The van der Waals surface area contributed by atoms with E-state index in [1.54, 1.807) is 24.7 Å². The molecular formula is C27H33N5O. The van der Waals surface area contributed by atoms with E-state index in [0.29, 0.717) is 18.0 Å². The highest BCUT2D eigenvalue weighted by Crippen LogP contribution is 2.12. The molecule has 0 saturated carbocycles. The Morgan fingerprint density at radius 1 is 1.18 bits per heavy atom. The van der Waals surface area contributed by atoms with Crippen molar-refractivity contribution < 1.29 is 4.79 Å². The van der Waals surface area contributed by atoms with E-state index in [-0.39, 0.29) is 18.4 Å². The monoisotopic (exact) mass is 443 g/mol. The van der Waals surface area contributed by atoms with E-state index in [9.17, 15) is 4.79 Å². The summed E-state index contributed by atoms with van der Waals surface area (Å²) in [5, 5.41) is 15.7. The molecule has 1 aromatic heterocycles. The normalized spacial score (nSPS) is 12.7. The van der Waals surface area contributed by atoms with Crippen LogP contribution in [0.3, 0.4) is 0 Å². The topological polar surface area (TPSA) is 82.7 Å². The summed E-state index contributed by atoms with van der Waals surface area (Å²) in [6.45, 7) is 8.56. The van der Waals surface area contributed by atoms with Gasteiger partial charge in [0.05, 0.1) is 24.4 Å². The van der Waals surface area contributed by atoms with Gasteiger partial charge in [0.2, 0.25) is 5.91 Å². The second-order valence-electron chi connectivity index (χ2n) is 8.62. The van der Waals surface area contributed by atoms with Crippen LogP contribution in [0.5, 0.6) is 0 Å². The molecule has 33 heavy (non-hydrogen) atoms. The van der Waals surface area contributed by atoms with Gasteiger partial charge in [0.15, 0.2) is 0 Å². The quantitative estimate of drug-likeness (QED) is 0.470. The molecule has 0 radical (unpaired) electrons. The van der Waals surface area contributed by atoms with Crippen molar-refractivity contribution in [3.05, 3.63) is 89.0 Å². The molecule has 3 aromatic rings. The number of benzene rings is 2. The molecule has 2 N–H and O–H groups in total. The highest BCUT2D eigenvalue weighted by Gasteiger charge is 2.19. The number of aryl methyl sites for hydroxylation is 1. The number of amides is 1. The van der Waals surface area contributed by atoms with Crippen LogP contribution in [0.1, 0.15) is 48.2 Å². The molecular weight excluding hydrogens is 410 g/mol. The van der Waals surface area contributed by atoms with Crippen molar-refractivity contribution in [3.8, 4) is 6.07 Å². The molecule has 6 heteroatoms. The van der Waals surface area contributed by atoms with Crippen molar-refractivity contribution in [2.24, 2.45) is 5.92 Å². The zero-order valence-corrected chi connectivity index (χ0v) is 19.7. The summed E-state index contributed by atoms with van der Waals surface area (Å²) in [5.41, 5.74) is 5.11. The standard InChI is InChI=1S/C27H33N5O/c1-4-20(2)26(17-29-15-24-8-6-5-7-21(24)3)31-27(33)13-25-16-30-19-32(25)18-23-11-9-22(14-28)10-12-23/h5-12,16,19-20,26,29H,4,13,15,17-18H2,1-3H3,(H,31,33)/t20-,26+/m0/s1. The van der Waals surface area contributed by atoms with Crippen molar-refractivity contribution >= 4 is 5.91 Å². The summed E-state index contributed by atoms with van der Waals surface area (Å²) in [6, 6.07) is 18.0. The number of hydrogen-bond acceptors (Lipinski definition) is 4. The van der Waals surface area contributed by atoms with Gasteiger partial charge in [-0.1, -0.05) is 56.7 Å². The van der Waals surface area contributed by atoms with Crippen molar-refractivity contribution in [2.75, 3.05) is 6.54 Å². The van der Waals surface area contributed by atoms with Crippen LogP contribution in [-0.4, -0.2) is 28.0 Å². The Balaban J connectivity index is 1.57. The zero-order chi connectivity index (χ0) is 23.6. The number of aromatic nitrogens is 2. The Bertz CT molecular complexity index is 1080. The number of rotatable bonds is 11. The molecule has 0 unspecified atom stereocenters. The van der Waals surface area contributed by atoms with E-state index in [4.69, 9.17) is 5.26 Å². The van der Waals surface area contributed by atoms with E-state index >= 15 is 0 Å². The van der Waals surface area contributed by atoms with E-state index in [1.807, 2.05) is 22.8 Å². The second-order valence-corrected chi connectivity index (χ2v) is 8.62. The van der Waals surface area contributed by atoms with Crippen molar-refractivity contribution in [1.29, 1.82) is 5.26 Å². The number of nitrogens with one attached hydrogen (secondary N) is 2. The van der Waals surface area contributed by atoms with Gasteiger partial charge in [0, 0.05) is 37.6 Å². The van der Waals surface area contributed by atoms with Crippen molar-refractivity contribution in [1.82, 2.24) is 20.2 Å². The lowest BCUT2D eigenvalue weighted by Gasteiger charge is -2.25. The van der Waals surface area contributed by atoms with Crippen LogP contribution in [0.15, 0.2) is 61.1 Å². The fourth-order valence-electron chi connectivity index (χ4n) is 3.79. The number of carbonyl (C=O) groups is 1. The second kappa shape index (κ2) is 12.0. The summed E-state index contributed by atoms with van der Waals surface area (Å²) >= 11 is 0. The van der Waals surface area contributed by atoms with Gasteiger partial charge in [-0.25, -0.2) is 4.98 Å². The van der Waals surface area contributed by atoms with E-state index in [2.05, 4.69) is 60.7 Å². The molecule has 2 aromatic carbocycles. The minimum absolute atomic E-state index is 0.000398. The van der Waals surface area contributed by atoms with Gasteiger partial charge in [0.25, 0.3) is 0 Å². The van der Waals surface area contributed by atoms with Gasteiger partial charge in [0.1, 0.15) is 0 Å². The maximum atomic E-state index is 12.9. The number of carbonyl (C=O) groups excluding carboxylic acids is 1. The number of nitriles is 1. The Labute approximate surface area is 196 Å². The molecule has 0 bridgehead atoms. The average molecular weight is 444 g/mol. The average Bonchev–Trinajstić information content (AvgIpc) is 3.25. The maximum Gasteiger partial charge on any atom is 0.226 e. The Hall–Kier alpha value is -3.43. The summed E-state index contributed by atoms with van der Waals surface area (Å²) in [6.07, 6.45) is 4.77. The van der Waals surface area contributed by atoms with Gasteiger partial charge >= 0.3 is 0 Å². The lowest BCUT2D eigenvalue weighted by atomic mass is 9.98. The molecule has 0 fully saturated rings. The molecule has 0 spiro atoms. The molecule has 0 aliphatic carbocycles. The summed E-state index contributed by atoms with van der Waals surface area (Å²) in [7, 11) is 0. The van der Waals surface area contributed by atoms with Crippen molar-refractivity contribution in [2.45, 2.75) is 52.7 Å². The SMILES string of the molecule is CC[C@H](C)[C@@H](CNCc1ccccc1C)NC(=O)Cc1cncn1Cc1ccc(C#N)cc1. The minimum Gasteiger partial charge on any atom is -0.351 e. The fourth-order valence-corrected chi connectivity index (χ4v) is 3.79. The van der Waals surface area contributed by atoms with Crippen LogP contribution in [-0.2, 0) is 24.3 Å². The van der Waals surface area contributed by atoms with Crippen LogP contribution < -0.4 is 10.6 Å². The molecule has 2 atom stereocenters. The first-order chi connectivity index (χ1) is 16.0. The third kappa shape index (κ3) is 7.03. The lowest BCUT2D eigenvalue weighted by molar-refractivity contribution is -0.121. The van der Waals surface area contributed by atoms with Gasteiger partial charge in [-0.15, -0.1) is 0 Å². The Kier molecular flexibility index (Phi) is 8.79. The zero-order valence-electron chi connectivity index (χ0n) is 19.7. The molecule has 0 saturated heterocycles. The van der Waals surface area contributed by atoms with Crippen LogP contribution >= 0.6 is 0 Å². The van der Waals surface area contributed by atoms with Gasteiger partial charge in [-0.05, 0) is 41.7 Å². The number of imidazole rings is 1. The van der Waals surface area contributed by atoms with E-state index in [1.165, 1.54) is 11.1 Å². The first-order valence-electron chi connectivity index (χ1n) is 11.5. The van der Waals surface area contributed by atoms with Gasteiger partial charge < -0.3 is 15.2 Å². The predicted molar refractivity (Wildman–Crippen MR) is 130 cm³/mol. The Morgan fingerprint density at radius 3 is 2.64 bits per heavy atom. The molecule has 1 amide bonds. The Morgan fingerprint density at radius 2 is 1.94 bits per heavy atom. The van der Waals surface area contributed by atoms with E-state index in [0.717, 1.165) is 30.8 Å². The third-order valence-electron chi connectivity index (χ3n) is 6.19. The molecule has 172 valence electrons. The largest absolute Gasteiger partial charge is 0.351 e. The molecule has 1 heterocycles. The molecule has 6 nitrogen and oxygen atoms in total. The summed E-state index contributed by atoms with van der Waals surface area (Å²) in [4.78, 5) is 17.1. The van der Waals surface area contributed by atoms with E-state index < -0.39 is 0 Å². The van der Waals surface area contributed by atoms with Gasteiger partial charge in [-0.3, -0.25) is 4.79 Å². The maximum absolute atomic E-state index is 12.9. The first kappa shape index (κ1) is 24.2. The summed E-state index contributed by atoms with van der Waals surface area (Å²) < 4.78 is 1.98. The van der Waals surface area contributed by atoms with Crippen LogP contribution in [0, 0.1) is 24.2 Å². The van der Waals surface area contributed by atoms with Crippen LogP contribution in [0.25, 0.3) is 0 Å². The lowest BCUT2D eigenvalue weighted by Crippen LogP contribution is -2.46.